The van der Waals surface area contributed by atoms with Gasteiger partial charge in [-0.05, 0) is 36.6 Å². The lowest BCUT2D eigenvalue weighted by Crippen LogP contribution is -2.07. The quantitative estimate of drug-likeness (QED) is 0.802. The van der Waals surface area contributed by atoms with Gasteiger partial charge >= 0.3 is 0 Å². The predicted octanol–water partition coefficient (Wildman–Crippen LogP) is 3.45. The van der Waals surface area contributed by atoms with Crippen LogP contribution in [0.15, 0.2) is 36.4 Å². The molecule has 2 aromatic carbocycles. The number of nitrogen functional groups attached to an aromatic ring is 1. The molecular formula is C16H15F2N3. The number of nitrogens with two attached hydrogens (primary N) is 1. The first-order valence-electron chi connectivity index (χ1n) is 6.72. The highest BCUT2D eigenvalue weighted by Gasteiger charge is 2.16. The monoisotopic (exact) mass is 287 g/mol. The van der Waals surface area contributed by atoms with E-state index < -0.39 is 11.6 Å². The highest BCUT2D eigenvalue weighted by molar-refractivity contribution is 5.79. The van der Waals surface area contributed by atoms with Crippen molar-refractivity contribution >= 4 is 17.0 Å². The van der Waals surface area contributed by atoms with Gasteiger partial charge in [0.1, 0.15) is 5.52 Å². The first-order chi connectivity index (χ1) is 10.1. The lowest BCUT2D eigenvalue weighted by molar-refractivity contribution is 0.511. The molecule has 21 heavy (non-hydrogen) atoms. The molecule has 108 valence electrons. The van der Waals surface area contributed by atoms with Gasteiger partial charge in [0.2, 0.25) is 5.95 Å². The van der Waals surface area contributed by atoms with E-state index in [9.17, 15) is 8.78 Å². The first kappa shape index (κ1) is 13.5. The fraction of sp³-hybridized carbons (Fsp3) is 0.188. The number of rotatable bonds is 3. The lowest BCUT2D eigenvalue weighted by atomic mass is 10.1. The van der Waals surface area contributed by atoms with Crippen LogP contribution < -0.4 is 5.73 Å². The molecule has 0 aliphatic rings. The van der Waals surface area contributed by atoms with Gasteiger partial charge < -0.3 is 10.3 Å². The van der Waals surface area contributed by atoms with Crippen molar-refractivity contribution in [2.24, 2.45) is 0 Å². The summed E-state index contributed by atoms with van der Waals surface area (Å²) in [5.41, 5.74) is 8.64. The summed E-state index contributed by atoms with van der Waals surface area (Å²) in [5.74, 6) is -1.59. The van der Waals surface area contributed by atoms with Crippen LogP contribution in [0.5, 0.6) is 0 Å². The van der Waals surface area contributed by atoms with E-state index in [2.05, 4.69) is 4.98 Å². The maximum Gasteiger partial charge on any atom is 0.201 e. The van der Waals surface area contributed by atoms with Crippen LogP contribution >= 0.6 is 0 Å². The van der Waals surface area contributed by atoms with Crippen molar-refractivity contribution in [1.29, 1.82) is 0 Å². The van der Waals surface area contributed by atoms with Gasteiger partial charge in [0.15, 0.2) is 11.6 Å². The average Bonchev–Trinajstić information content (AvgIpc) is 2.79. The number of fused-ring (bicyclic) bond motifs is 1. The average molecular weight is 287 g/mol. The fourth-order valence-electron chi connectivity index (χ4n) is 2.52. The molecule has 0 spiro atoms. The van der Waals surface area contributed by atoms with E-state index in [1.165, 1.54) is 10.6 Å². The molecule has 0 atom stereocenters. The van der Waals surface area contributed by atoms with Crippen molar-refractivity contribution in [2.75, 3.05) is 5.73 Å². The number of benzene rings is 2. The van der Waals surface area contributed by atoms with E-state index in [-0.39, 0.29) is 11.5 Å². The third-order valence-corrected chi connectivity index (χ3v) is 3.70. The van der Waals surface area contributed by atoms with Crippen molar-refractivity contribution in [2.45, 2.75) is 19.9 Å². The van der Waals surface area contributed by atoms with Crippen molar-refractivity contribution in [3.05, 3.63) is 59.2 Å². The number of anilines is 1. The number of aromatic nitrogens is 2. The molecule has 0 saturated carbocycles. The molecule has 0 amide bonds. The molecule has 0 fully saturated rings. The first-order valence-corrected chi connectivity index (χ1v) is 6.72. The van der Waals surface area contributed by atoms with E-state index in [4.69, 9.17) is 5.73 Å². The van der Waals surface area contributed by atoms with Gasteiger partial charge in [0.25, 0.3) is 0 Å². The van der Waals surface area contributed by atoms with Gasteiger partial charge in [-0.25, -0.2) is 13.8 Å². The molecule has 5 heteroatoms. The van der Waals surface area contributed by atoms with Crippen LogP contribution in [0.4, 0.5) is 14.7 Å². The molecule has 0 aliphatic carbocycles. The number of hydrogen-bond donors (Lipinski definition) is 1. The Morgan fingerprint density at radius 2 is 1.90 bits per heavy atom. The number of hydrogen-bond acceptors (Lipinski definition) is 2. The van der Waals surface area contributed by atoms with Crippen LogP contribution in [-0.4, -0.2) is 9.55 Å². The summed E-state index contributed by atoms with van der Waals surface area (Å²) in [7, 11) is 0. The minimum Gasteiger partial charge on any atom is -0.369 e. The van der Waals surface area contributed by atoms with Crippen LogP contribution in [0, 0.1) is 18.6 Å². The Morgan fingerprint density at radius 3 is 2.67 bits per heavy atom. The largest absolute Gasteiger partial charge is 0.369 e. The Bertz CT molecular complexity index is 809. The Kier molecular flexibility index (Phi) is 3.33. The normalized spacial score (nSPS) is 11.2. The van der Waals surface area contributed by atoms with Crippen molar-refractivity contribution in [1.82, 2.24) is 9.55 Å². The SMILES string of the molecule is Cc1ccccc1CCn1c(N)nc2ccc(F)c(F)c21. The molecule has 0 aliphatic heterocycles. The predicted molar refractivity (Wildman–Crippen MR) is 78.9 cm³/mol. The molecule has 0 unspecified atom stereocenters. The van der Waals surface area contributed by atoms with E-state index in [0.717, 1.165) is 17.2 Å². The number of nitrogens with zero attached hydrogens (tertiary/aromatic N) is 2. The van der Waals surface area contributed by atoms with E-state index >= 15 is 0 Å². The third kappa shape index (κ3) is 2.35. The smallest absolute Gasteiger partial charge is 0.201 e. The molecule has 1 heterocycles. The van der Waals surface area contributed by atoms with Crippen LogP contribution in [0.2, 0.25) is 0 Å². The van der Waals surface area contributed by atoms with Gasteiger partial charge in [-0.2, -0.15) is 0 Å². The van der Waals surface area contributed by atoms with E-state index in [1.54, 1.807) is 0 Å². The maximum atomic E-state index is 14.0. The Labute approximate surface area is 121 Å². The molecule has 2 N–H and O–H groups in total. The summed E-state index contributed by atoms with van der Waals surface area (Å²) in [6.45, 7) is 2.47. The maximum absolute atomic E-state index is 14.0. The number of imidazole rings is 1. The third-order valence-electron chi connectivity index (χ3n) is 3.70. The Balaban J connectivity index is 1.99. The second-order valence-electron chi connectivity index (χ2n) is 5.03. The molecule has 3 rings (SSSR count). The molecule has 0 radical (unpaired) electrons. The van der Waals surface area contributed by atoms with Crippen molar-refractivity contribution in [3.63, 3.8) is 0 Å². The second-order valence-corrected chi connectivity index (χ2v) is 5.03. The second kappa shape index (κ2) is 5.16. The van der Waals surface area contributed by atoms with Crippen LogP contribution in [0.1, 0.15) is 11.1 Å². The Hall–Kier alpha value is -2.43. The molecule has 1 aromatic heterocycles. The molecular weight excluding hydrogens is 272 g/mol. The highest BCUT2D eigenvalue weighted by atomic mass is 19.2. The summed E-state index contributed by atoms with van der Waals surface area (Å²) in [6, 6.07) is 10.5. The van der Waals surface area contributed by atoms with Crippen molar-refractivity contribution in [3.8, 4) is 0 Å². The lowest BCUT2D eigenvalue weighted by Gasteiger charge is -2.09. The van der Waals surface area contributed by atoms with E-state index in [1.807, 2.05) is 31.2 Å². The number of halogens is 2. The zero-order valence-corrected chi connectivity index (χ0v) is 11.6. The molecule has 3 aromatic rings. The minimum absolute atomic E-state index is 0.126. The number of aryl methyl sites for hydroxylation is 3. The zero-order chi connectivity index (χ0) is 15.0. The highest BCUT2D eigenvalue weighted by Crippen LogP contribution is 2.23. The Morgan fingerprint density at radius 1 is 1.14 bits per heavy atom. The minimum atomic E-state index is -0.901. The summed E-state index contributed by atoms with van der Waals surface area (Å²) < 4.78 is 28.9. The van der Waals surface area contributed by atoms with E-state index in [0.29, 0.717) is 18.5 Å². The zero-order valence-electron chi connectivity index (χ0n) is 11.6. The summed E-state index contributed by atoms with van der Waals surface area (Å²) in [5, 5.41) is 0. The summed E-state index contributed by atoms with van der Waals surface area (Å²) in [6.07, 6.45) is 0.679. The van der Waals surface area contributed by atoms with Gasteiger partial charge in [-0.3, -0.25) is 0 Å². The van der Waals surface area contributed by atoms with Gasteiger partial charge in [-0.15, -0.1) is 0 Å². The van der Waals surface area contributed by atoms with Gasteiger partial charge in [0, 0.05) is 6.54 Å². The summed E-state index contributed by atoms with van der Waals surface area (Å²) in [4.78, 5) is 4.08. The molecule has 0 bridgehead atoms. The van der Waals surface area contributed by atoms with Crippen LogP contribution in [0.3, 0.4) is 0 Å². The fourth-order valence-corrected chi connectivity index (χ4v) is 2.52. The topological polar surface area (TPSA) is 43.8 Å². The standard InChI is InChI=1S/C16H15F2N3/c1-10-4-2-3-5-11(10)8-9-21-15-13(20-16(21)19)7-6-12(17)14(15)18/h2-7H,8-9H2,1H3,(H2,19,20). The molecule has 3 nitrogen and oxygen atoms in total. The molecule has 0 saturated heterocycles. The van der Waals surface area contributed by atoms with Crippen molar-refractivity contribution < 1.29 is 8.78 Å². The van der Waals surface area contributed by atoms with Crippen LogP contribution in [0.25, 0.3) is 11.0 Å². The van der Waals surface area contributed by atoms with Crippen LogP contribution in [-0.2, 0) is 13.0 Å². The van der Waals surface area contributed by atoms with Gasteiger partial charge in [0.05, 0.1) is 5.52 Å². The summed E-state index contributed by atoms with van der Waals surface area (Å²) >= 11 is 0. The van der Waals surface area contributed by atoms with Gasteiger partial charge in [-0.1, -0.05) is 24.3 Å².